The maximum Gasteiger partial charge on any atom is 0.408 e. The van der Waals surface area contributed by atoms with Crippen LogP contribution < -0.4 is 10.1 Å². The number of ether oxygens (including phenoxy) is 1. The Bertz CT molecular complexity index is 1340. The molecule has 0 radical (unpaired) electrons. The van der Waals surface area contributed by atoms with Crippen molar-refractivity contribution in [2.75, 3.05) is 26.2 Å². The summed E-state index contributed by atoms with van der Waals surface area (Å²) in [5.41, 5.74) is 3.82. The van der Waals surface area contributed by atoms with Gasteiger partial charge in [-0.1, -0.05) is 32.4 Å². The molecule has 4 heterocycles. The average molecular weight is 544 g/mol. The van der Waals surface area contributed by atoms with Crippen LogP contribution in [0.2, 0.25) is 0 Å². The Labute approximate surface area is 224 Å². The van der Waals surface area contributed by atoms with Gasteiger partial charge in [-0.25, -0.2) is 9.50 Å². The van der Waals surface area contributed by atoms with Gasteiger partial charge in [-0.05, 0) is 60.6 Å². The molecule has 3 aromatic heterocycles. The topological polar surface area (TPSA) is 54.7 Å². The van der Waals surface area contributed by atoms with Crippen molar-refractivity contribution in [3.8, 4) is 28.0 Å². The monoisotopic (exact) mass is 543 g/mol. The molecule has 1 N–H and O–H groups in total. The Morgan fingerprint density at radius 1 is 1.03 bits per heavy atom. The molecular weight excluding hydrogens is 511 g/mol. The molecule has 38 heavy (non-hydrogen) atoms. The second-order valence-corrected chi connectivity index (χ2v) is 10.9. The van der Waals surface area contributed by atoms with Gasteiger partial charge < -0.3 is 4.74 Å². The molecule has 1 aliphatic heterocycles. The predicted molar refractivity (Wildman–Crippen MR) is 145 cm³/mol. The number of nitrogens with zero attached hydrogens (tertiary/aromatic N) is 4. The van der Waals surface area contributed by atoms with Crippen LogP contribution in [0.1, 0.15) is 44.0 Å². The average Bonchev–Trinajstić information content (AvgIpc) is 3.54. The summed E-state index contributed by atoms with van der Waals surface area (Å²) >= 11 is 1.09. The van der Waals surface area contributed by atoms with E-state index in [-0.39, 0.29) is 10.9 Å². The number of hydrogen-bond acceptors (Lipinski definition) is 6. The van der Waals surface area contributed by atoms with Crippen molar-refractivity contribution in [3.63, 3.8) is 0 Å². The van der Waals surface area contributed by atoms with E-state index in [1.54, 1.807) is 42.2 Å². The number of likely N-dealkylation sites (tertiary alicyclic amines) is 1. The predicted octanol–water partition coefficient (Wildman–Crippen LogP) is 6.59. The zero-order chi connectivity index (χ0) is 26.7. The first-order valence-corrected chi connectivity index (χ1v) is 13.9. The minimum Gasteiger partial charge on any atom is -0.492 e. The molecule has 5 rings (SSSR count). The fraction of sp³-hybridized carbons (Fsp3) is 0.429. The lowest BCUT2D eigenvalue weighted by molar-refractivity contribution is -0.158. The molecule has 1 aliphatic rings. The number of halogens is 3. The lowest BCUT2D eigenvalue weighted by atomic mass is 10.1. The Balaban J connectivity index is 1.28. The number of fused-ring (bicyclic) bond motifs is 1. The summed E-state index contributed by atoms with van der Waals surface area (Å²) in [5.74, 6) is 0.832. The SMILES string of the molecule is CC(C)NC(c1cc(-c2cnn3cc(-c4ccc(OCCN5CCCCC5)cc4)cnc23)cs1)C(F)(F)F. The van der Waals surface area contributed by atoms with Crippen molar-refractivity contribution in [1.82, 2.24) is 24.8 Å². The van der Waals surface area contributed by atoms with Crippen LogP contribution in [0.4, 0.5) is 13.2 Å². The second kappa shape index (κ2) is 11.4. The Morgan fingerprint density at radius 3 is 2.50 bits per heavy atom. The van der Waals surface area contributed by atoms with Crippen molar-refractivity contribution >= 4 is 17.0 Å². The second-order valence-electron chi connectivity index (χ2n) is 9.98. The molecule has 1 unspecified atom stereocenters. The zero-order valence-corrected chi connectivity index (χ0v) is 22.4. The van der Waals surface area contributed by atoms with Gasteiger partial charge in [0.05, 0.1) is 6.20 Å². The summed E-state index contributed by atoms with van der Waals surface area (Å²) in [6.45, 7) is 7.34. The van der Waals surface area contributed by atoms with E-state index in [1.807, 2.05) is 30.5 Å². The number of thiophene rings is 1. The Morgan fingerprint density at radius 2 is 1.79 bits per heavy atom. The van der Waals surface area contributed by atoms with Gasteiger partial charge in [-0.2, -0.15) is 18.3 Å². The number of alkyl halides is 3. The van der Waals surface area contributed by atoms with Gasteiger partial charge in [0, 0.05) is 41.0 Å². The van der Waals surface area contributed by atoms with Gasteiger partial charge in [0.2, 0.25) is 0 Å². The molecule has 1 saturated heterocycles. The molecular formula is C28H32F3N5OS. The van der Waals surface area contributed by atoms with E-state index in [4.69, 9.17) is 4.74 Å². The molecule has 10 heteroatoms. The normalized spacial score (nSPS) is 15.8. The van der Waals surface area contributed by atoms with Gasteiger partial charge in [-0.15, -0.1) is 11.3 Å². The lowest BCUT2D eigenvalue weighted by Crippen LogP contribution is -2.37. The number of benzene rings is 1. The molecule has 0 bridgehead atoms. The summed E-state index contributed by atoms with van der Waals surface area (Å²) in [4.78, 5) is 7.27. The van der Waals surface area contributed by atoms with Crippen LogP contribution in [0.15, 0.2) is 54.3 Å². The van der Waals surface area contributed by atoms with Crippen molar-refractivity contribution in [1.29, 1.82) is 0 Å². The minimum absolute atomic E-state index is 0.218. The van der Waals surface area contributed by atoms with Crippen molar-refractivity contribution in [3.05, 3.63) is 59.2 Å². The third-order valence-corrected chi connectivity index (χ3v) is 7.71. The molecule has 1 fully saturated rings. The zero-order valence-electron chi connectivity index (χ0n) is 21.5. The highest BCUT2D eigenvalue weighted by atomic mass is 32.1. The molecule has 6 nitrogen and oxygen atoms in total. The van der Waals surface area contributed by atoms with E-state index < -0.39 is 12.2 Å². The third kappa shape index (κ3) is 6.19. The summed E-state index contributed by atoms with van der Waals surface area (Å²) in [5, 5.41) is 8.78. The maximum absolute atomic E-state index is 13.6. The van der Waals surface area contributed by atoms with Crippen LogP contribution in [0.25, 0.3) is 27.9 Å². The van der Waals surface area contributed by atoms with Gasteiger partial charge >= 0.3 is 6.18 Å². The van der Waals surface area contributed by atoms with E-state index >= 15 is 0 Å². The maximum atomic E-state index is 13.6. The van der Waals surface area contributed by atoms with E-state index in [9.17, 15) is 13.2 Å². The standard InChI is InChI=1S/C28H32F3N5OS/c1-19(2)34-26(28(29,30)31)25-14-21(18-38-25)24-16-33-36-17-22(15-32-27(24)36)20-6-8-23(9-7-20)37-13-12-35-10-4-3-5-11-35/h6-9,14-19,26,34H,3-5,10-13H2,1-2H3. The van der Waals surface area contributed by atoms with Gasteiger partial charge in [0.1, 0.15) is 18.4 Å². The highest BCUT2D eigenvalue weighted by Gasteiger charge is 2.42. The van der Waals surface area contributed by atoms with Crippen molar-refractivity contribution < 1.29 is 17.9 Å². The lowest BCUT2D eigenvalue weighted by Gasteiger charge is -2.26. The van der Waals surface area contributed by atoms with E-state index in [2.05, 4.69) is 20.3 Å². The molecule has 202 valence electrons. The third-order valence-electron chi connectivity index (χ3n) is 6.71. The Hall–Kier alpha value is -2.95. The summed E-state index contributed by atoms with van der Waals surface area (Å²) in [6, 6.07) is 7.47. The molecule has 0 aliphatic carbocycles. The number of hydrogen-bond donors (Lipinski definition) is 1. The van der Waals surface area contributed by atoms with Crippen molar-refractivity contribution in [2.24, 2.45) is 0 Å². The van der Waals surface area contributed by atoms with Crippen LogP contribution in [-0.4, -0.2) is 58.0 Å². The van der Waals surface area contributed by atoms with Gasteiger partial charge in [0.25, 0.3) is 0 Å². The number of piperidine rings is 1. The Kier molecular flexibility index (Phi) is 8.01. The van der Waals surface area contributed by atoms with Gasteiger partial charge in [0.15, 0.2) is 5.65 Å². The molecule has 0 amide bonds. The van der Waals surface area contributed by atoms with Crippen LogP contribution in [-0.2, 0) is 0 Å². The first kappa shape index (κ1) is 26.6. The fourth-order valence-electron chi connectivity index (χ4n) is 4.76. The van der Waals surface area contributed by atoms with Crippen LogP contribution in [0.3, 0.4) is 0 Å². The fourth-order valence-corrected chi connectivity index (χ4v) is 5.75. The van der Waals surface area contributed by atoms with Crippen molar-refractivity contribution in [2.45, 2.75) is 51.4 Å². The molecule has 1 atom stereocenters. The van der Waals surface area contributed by atoms with E-state index in [0.717, 1.165) is 47.8 Å². The largest absolute Gasteiger partial charge is 0.492 e. The quantitative estimate of drug-likeness (QED) is 0.258. The van der Waals surface area contributed by atoms with Crippen LogP contribution in [0.5, 0.6) is 5.75 Å². The highest BCUT2D eigenvalue weighted by Crippen LogP contribution is 2.39. The van der Waals surface area contributed by atoms with E-state index in [1.165, 1.54) is 19.3 Å². The highest BCUT2D eigenvalue weighted by molar-refractivity contribution is 7.10. The van der Waals surface area contributed by atoms with Gasteiger partial charge in [-0.3, -0.25) is 10.2 Å². The first-order valence-electron chi connectivity index (χ1n) is 13.0. The smallest absolute Gasteiger partial charge is 0.408 e. The summed E-state index contributed by atoms with van der Waals surface area (Å²) in [6.07, 6.45) is 4.78. The summed E-state index contributed by atoms with van der Waals surface area (Å²) in [7, 11) is 0. The number of rotatable bonds is 9. The van der Waals surface area contributed by atoms with Crippen LogP contribution in [0, 0.1) is 0 Å². The molecule has 0 saturated carbocycles. The van der Waals surface area contributed by atoms with E-state index in [0.29, 0.717) is 23.4 Å². The molecule has 0 spiro atoms. The molecule has 1 aromatic carbocycles. The number of nitrogens with one attached hydrogen (secondary N) is 1. The molecule has 4 aromatic rings. The minimum atomic E-state index is -4.38. The summed E-state index contributed by atoms with van der Waals surface area (Å²) < 4.78 is 48.5. The number of aromatic nitrogens is 3. The first-order chi connectivity index (χ1) is 18.3. The van der Waals surface area contributed by atoms with Crippen LogP contribution >= 0.6 is 11.3 Å².